The topological polar surface area (TPSA) is 56.1 Å². The highest BCUT2D eigenvalue weighted by atomic mass is 35.5. The minimum atomic E-state index is -0.270. The number of imidazole rings is 1. The van der Waals surface area contributed by atoms with E-state index in [1.807, 2.05) is 42.0 Å². The predicted octanol–water partition coefficient (Wildman–Crippen LogP) is 4.43. The van der Waals surface area contributed by atoms with Crippen molar-refractivity contribution in [1.29, 1.82) is 0 Å². The molecule has 1 aromatic heterocycles. The minimum Gasteiger partial charge on any atom is -0.494 e. The van der Waals surface area contributed by atoms with Crippen molar-refractivity contribution in [3.8, 4) is 11.4 Å². The van der Waals surface area contributed by atoms with Gasteiger partial charge in [0.25, 0.3) is 5.91 Å². The fraction of sp³-hybridized carbons (Fsp3) is 0.158. The van der Waals surface area contributed by atoms with Crippen LogP contribution < -0.4 is 10.1 Å². The number of amides is 1. The van der Waals surface area contributed by atoms with Crippen LogP contribution in [0.5, 0.6) is 5.75 Å². The first-order chi connectivity index (χ1) is 12.5. The largest absolute Gasteiger partial charge is 0.494 e. The van der Waals surface area contributed by atoms with Gasteiger partial charge in [-0.25, -0.2) is 4.98 Å². The number of aromatic nitrogens is 2. The molecule has 0 saturated heterocycles. The average Bonchev–Trinajstić information content (AvgIpc) is 3.05. The highest BCUT2D eigenvalue weighted by molar-refractivity contribution is 6.37. The summed E-state index contributed by atoms with van der Waals surface area (Å²) >= 11 is 12.2. The van der Waals surface area contributed by atoms with Crippen molar-refractivity contribution >= 4 is 29.1 Å². The predicted molar refractivity (Wildman–Crippen MR) is 102 cm³/mol. The molecule has 26 heavy (non-hydrogen) atoms. The Kier molecular flexibility index (Phi) is 5.49. The normalized spacial score (nSPS) is 10.6. The zero-order valence-corrected chi connectivity index (χ0v) is 15.8. The van der Waals surface area contributed by atoms with E-state index in [2.05, 4.69) is 10.3 Å². The van der Waals surface area contributed by atoms with Crippen molar-refractivity contribution in [3.05, 3.63) is 75.8 Å². The number of rotatable bonds is 5. The fourth-order valence-corrected chi connectivity index (χ4v) is 3.33. The molecule has 0 aliphatic rings. The highest BCUT2D eigenvalue weighted by Gasteiger charge is 2.14. The third-order valence-corrected chi connectivity index (χ3v) is 4.54. The maximum atomic E-state index is 12.5. The van der Waals surface area contributed by atoms with Gasteiger partial charge in [0.05, 0.1) is 22.8 Å². The minimum absolute atomic E-state index is 0.270. The Labute approximate surface area is 161 Å². The first kappa shape index (κ1) is 18.3. The van der Waals surface area contributed by atoms with E-state index in [1.165, 1.54) is 19.2 Å². The summed E-state index contributed by atoms with van der Waals surface area (Å²) in [6, 6.07) is 10.9. The van der Waals surface area contributed by atoms with Gasteiger partial charge in [-0.15, -0.1) is 0 Å². The maximum absolute atomic E-state index is 12.5. The summed E-state index contributed by atoms with van der Waals surface area (Å²) in [5.74, 6) is 0.955. The molecular formula is C19H17Cl2N3O2. The fourth-order valence-electron chi connectivity index (χ4n) is 2.69. The first-order valence-electron chi connectivity index (χ1n) is 7.90. The van der Waals surface area contributed by atoms with Gasteiger partial charge in [-0.3, -0.25) is 4.79 Å². The van der Waals surface area contributed by atoms with Crippen LogP contribution in [0.25, 0.3) is 5.69 Å². The van der Waals surface area contributed by atoms with Crippen LogP contribution in [-0.2, 0) is 6.54 Å². The smallest absolute Gasteiger partial charge is 0.251 e. The van der Waals surface area contributed by atoms with Gasteiger partial charge >= 0.3 is 0 Å². The lowest BCUT2D eigenvalue weighted by Crippen LogP contribution is -2.23. The molecule has 1 amide bonds. The summed E-state index contributed by atoms with van der Waals surface area (Å²) in [5, 5.41) is 3.48. The summed E-state index contributed by atoms with van der Waals surface area (Å²) in [7, 11) is 1.47. The number of benzene rings is 2. The summed E-state index contributed by atoms with van der Waals surface area (Å²) in [6.45, 7) is 2.28. The molecule has 0 unspecified atom stereocenters. The van der Waals surface area contributed by atoms with Gasteiger partial charge in [-0.2, -0.15) is 0 Å². The molecule has 0 fully saturated rings. The molecule has 0 saturated carbocycles. The van der Waals surface area contributed by atoms with Crippen molar-refractivity contribution in [2.75, 3.05) is 7.11 Å². The van der Waals surface area contributed by atoms with Crippen LogP contribution in [-0.4, -0.2) is 22.6 Å². The third-order valence-electron chi connectivity index (χ3n) is 3.98. The van der Waals surface area contributed by atoms with Gasteiger partial charge in [0.1, 0.15) is 5.82 Å². The number of nitrogens with one attached hydrogen (secondary N) is 1. The Morgan fingerprint density at radius 3 is 2.54 bits per heavy atom. The van der Waals surface area contributed by atoms with Crippen LogP contribution in [0.4, 0.5) is 0 Å². The van der Waals surface area contributed by atoms with E-state index in [-0.39, 0.29) is 5.91 Å². The van der Waals surface area contributed by atoms with E-state index >= 15 is 0 Å². The van der Waals surface area contributed by atoms with Gasteiger partial charge in [0.2, 0.25) is 0 Å². The standard InChI is InChI=1S/C19H17Cl2N3O2/c1-12-22-7-8-24(12)17-6-4-3-5-13(17)11-23-19(25)14-9-15(20)18(26-2)16(21)10-14/h3-10H,11H2,1-2H3,(H,23,25). The number of methoxy groups -OCH3 is 1. The lowest BCUT2D eigenvalue weighted by atomic mass is 10.1. The summed E-state index contributed by atoms with van der Waals surface area (Å²) in [6.07, 6.45) is 3.63. The lowest BCUT2D eigenvalue weighted by Gasteiger charge is -2.13. The lowest BCUT2D eigenvalue weighted by molar-refractivity contribution is 0.0951. The molecule has 5 nitrogen and oxygen atoms in total. The number of nitrogens with zero attached hydrogens (tertiary/aromatic N) is 2. The van der Waals surface area contributed by atoms with Crippen LogP contribution in [0.3, 0.4) is 0 Å². The van der Waals surface area contributed by atoms with E-state index in [4.69, 9.17) is 27.9 Å². The molecule has 1 heterocycles. The molecule has 0 aliphatic carbocycles. The molecule has 134 valence electrons. The second-order valence-corrected chi connectivity index (χ2v) is 6.44. The second kappa shape index (κ2) is 7.81. The Morgan fingerprint density at radius 1 is 1.23 bits per heavy atom. The molecule has 3 rings (SSSR count). The van der Waals surface area contributed by atoms with Gasteiger partial charge in [0, 0.05) is 24.5 Å². The van der Waals surface area contributed by atoms with E-state index in [1.54, 1.807) is 6.20 Å². The van der Waals surface area contributed by atoms with Crippen molar-refractivity contribution in [2.24, 2.45) is 0 Å². The quantitative estimate of drug-likeness (QED) is 0.702. The number of halogens is 2. The Bertz CT molecular complexity index is 930. The molecular weight excluding hydrogens is 373 g/mol. The van der Waals surface area contributed by atoms with Crippen molar-refractivity contribution < 1.29 is 9.53 Å². The van der Waals surface area contributed by atoms with Gasteiger partial charge in [-0.05, 0) is 30.7 Å². The average molecular weight is 390 g/mol. The van der Waals surface area contributed by atoms with E-state index < -0.39 is 0 Å². The molecule has 0 aliphatic heterocycles. The number of carbonyl (C=O) groups excluding carboxylic acids is 1. The highest BCUT2D eigenvalue weighted by Crippen LogP contribution is 2.33. The molecule has 0 atom stereocenters. The zero-order chi connectivity index (χ0) is 18.7. The number of ether oxygens (including phenoxy) is 1. The van der Waals surface area contributed by atoms with Crippen molar-refractivity contribution in [1.82, 2.24) is 14.9 Å². The van der Waals surface area contributed by atoms with Gasteiger partial charge in [0.15, 0.2) is 5.75 Å². The summed E-state index contributed by atoms with van der Waals surface area (Å²) in [4.78, 5) is 16.7. The van der Waals surface area contributed by atoms with Crippen LogP contribution in [0.15, 0.2) is 48.8 Å². The second-order valence-electron chi connectivity index (χ2n) is 5.63. The van der Waals surface area contributed by atoms with Gasteiger partial charge < -0.3 is 14.6 Å². The number of carbonyl (C=O) groups is 1. The van der Waals surface area contributed by atoms with E-state index in [0.29, 0.717) is 27.9 Å². The molecule has 0 radical (unpaired) electrons. The molecule has 0 spiro atoms. The summed E-state index contributed by atoms with van der Waals surface area (Å²) < 4.78 is 7.08. The third kappa shape index (κ3) is 3.69. The summed E-state index contributed by atoms with van der Waals surface area (Å²) in [5.41, 5.74) is 2.30. The molecule has 0 bridgehead atoms. The van der Waals surface area contributed by atoms with Crippen LogP contribution in [0.2, 0.25) is 10.0 Å². The molecule has 1 N–H and O–H groups in total. The SMILES string of the molecule is COc1c(Cl)cc(C(=O)NCc2ccccc2-n2ccnc2C)cc1Cl. The van der Waals surface area contributed by atoms with E-state index in [0.717, 1.165) is 17.1 Å². The zero-order valence-electron chi connectivity index (χ0n) is 14.3. The van der Waals surface area contributed by atoms with Crippen molar-refractivity contribution in [2.45, 2.75) is 13.5 Å². The first-order valence-corrected chi connectivity index (χ1v) is 8.66. The van der Waals surface area contributed by atoms with Crippen LogP contribution >= 0.6 is 23.2 Å². The van der Waals surface area contributed by atoms with Crippen LogP contribution in [0, 0.1) is 6.92 Å². The number of aryl methyl sites for hydroxylation is 1. The van der Waals surface area contributed by atoms with Crippen molar-refractivity contribution in [3.63, 3.8) is 0 Å². The molecule has 7 heteroatoms. The number of hydrogen-bond donors (Lipinski definition) is 1. The van der Waals surface area contributed by atoms with Crippen LogP contribution in [0.1, 0.15) is 21.7 Å². The Morgan fingerprint density at radius 2 is 1.92 bits per heavy atom. The number of para-hydroxylation sites is 1. The monoisotopic (exact) mass is 389 g/mol. The Hall–Kier alpha value is -2.50. The molecule has 2 aromatic carbocycles. The van der Waals surface area contributed by atoms with Gasteiger partial charge in [-0.1, -0.05) is 41.4 Å². The maximum Gasteiger partial charge on any atom is 0.251 e. The van der Waals surface area contributed by atoms with E-state index in [9.17, 15) is 4.79 Å². The molecule has 3 aromatic rings. The number of hydrogen-bond acceptors (Lipinski definition) is 3. The Balaban J connectivity index is 1.80.